The molecule has 1 atom stereocenters. The number of hydrogen-bond acceptors (Lipinski definition) is 4. The first-order valence-electron chi connectivity index (χ1n) is 9.12. The van der Waals surface area contributed by atoms with Crippen molar-refractivity contribution in [3.8, 4) is 0 Å². The van der Waals surface area contributed by atoms with Gasteiger partial charge < -0.3 is 19.9 Å². The van der Waals surface area contributed by atoms with Gasteiger partial charge in [0.15, 0.2) is 0 Å². The van der Waals surface area contributed by atoms with Crippen LogP contribution in [0.3, 0.4) is 0 Å². The second-order valence-corrected chi connectivity index (χ2v) is 6.52. The predicted octanol–water partition coefficient (Wildman–Crippen LogP) is 1.42. The van der Waals surface area contributed by atoms with E-state index in [9.17, 15) is 18.8 Å². The molecule has 3 amide bonds. The number of ether oxygens (including phenoxy) is 1. The largest absolute Gasteiger partial charge is 0.450 e. The van der Waals surface area contributed by atoms with Gasteiger partial charge in [-0.1, -0.05) is 19.1 Å². The number of rotatable bonds is 6. The van der Waals surface area contributed by atoms with Crippen LogP contribution in [0.15, 0.2) is 24.3 Å². The van der Waals surface area contributed by atoms with Crippen LogP contribution < -0.4 is 5.32 Å². The number of hydrogen-bond donors (Lipinski definition) is 1. The number of nitrogens with zero attached hydrogens (tertiary/aromatic N) is 2. The van der Waals surface area contributed by atoms with E-state index in [1.165, 1.54) is 12.1 Å². The van der Waals surface area contributed by atoms with Crippen LogP contribution in [0.1, 0.15) is 19.4 Å². The molecule has 27 heavy (non-hydrogen) atoms. The SMILES string of the molecule is CCOC(=O)N1CCN(C(=O)CNC(=O)C(C)Cc2ccc(F)cc2)CC1. The molecular weight excluding hydrogens is 353 g/mol. The third-order valence-corrected chi connectivity index (χ3v) is 4.47. The lowest BCUT2D eigenvalue weighted by atomic mass is 10.0. The number of halogens is 1. The molecule has 1 N–H and O–H groups in total. The van der Waals surface area contributed by atoms with Gasteiger partial charge in [0.25, 0.3) is 0 Å². The van der Waals surface area contributed by atoms with E-state index >= 15 is 0 Å². The van der Waals surface area contributed by atoms with E-state index in [-0.39, 0.29) is 36.2 Å². The van der Waals surface area contributed by atoms with Crippen molar-refractivity contribution in [1.82, 2.24) is 15.1 Å². The molecule has 1 aromatic carbocycles. The maximum absolute atomic E-state index is 12.9. The topological polar surface area (TPSA) is 79.0 Å². The average molecular weight is 379 g/mol. The van der Waals surface area contributed by atoms with Gasteiger partial charge >= 0.3 is 6.09 Å². The normalized spacial score (nSPS) is 15.2. The van der Waals surface area contributed by atoms with Crippen LogP contribution in [0.2, 0.25) is 0 Å². The zero-order chi connectivity index (χ0) is 19.8. The monoisotopic (exact) mass is 379 g/mol. The summed E-state index contributed by atoms with van der Waals surface area (Å²) >= 11 is 0. The zero-order valence-electron chi connectivity index (χ0n) is 15.7. The Balaban J connectivity index is 1.72. The maximum atomic E-state index is 12.9. The number of benzene rings is 1. The number of nitrogens with one attached hydrogen (secondary N) is 1. The minimum atomic E-state index is -0.368. The van der Waals surface area contributed by atoms with E-state index in [1.54, 1.807) is 35.8 Å². The van der Waals surface area contributed by atoms with Crippen molar-refractivity contribution in [3.63, 3.8) is 0 Å². The Morgan fingerprint density at radius 1 is 1.11 bits per heavy atom. The van der Waals surface area contributed by atoms with Crippen LogP contribution >= 0.6 is 0 Å². The summed E-state index contributed by atoms with van der Waals surface area (Å²) in [5.41, 5.74) is 0.862. The predicted molar refractivity (Wildman–Crippen MR) is 97.5 cm³/mol. The van der Waals surface area contributed by atoms with Crippen LogP contribution in [0.25, 0.3) is 0 Å². The van der Waals surface area contributed by atoms with E-state index < -0.39 is 0 Å². The Morgan fingerprint density at radius 3 is 2.30 bits per heavy atom. The molecule has 0 spiro atoms. The van der Waals surface area contributed by atoms with Gasteiger partial charge in [-0.05, 0) is 31.0 Å². The molecule has 1 aromatic rings. The summed E-state index contributed by atoms with van der Waals surface area (Å²) in [5.74, 6) is -1.05. The lowest BCUT2D eigenvalue weighted by Crippen LogP contribution is -2.53. The van der Waals surface area contributed by atoms with Crippen molar-refractivity contribution >= 4 is 17.9 Å². The molecule has 1 aliphatic rings. The van der Waals surface area contributed by atoms with Gasteiger partial charge in [0, 0.05) is 32.1 Å². The zero-order valence-corrected chi connectivity index (χ0v) is 15.7. The summed E-state index contributed by atoms with van der Waals surface area (Å²) in [6.45, 7) is 5.42. The van der Waals surface area contributed by atoms with Gasteiger partial charge in [0.05, 0.1) is 13.2 Å². The lowest BCUT2D eigenvalue weighted by Gasteiger charge is -2.34. The Bertz CT molecular complexity index is 657. The van der Waals surface area contributed by atoms with Crippen LogP contribution in [0.4, 0.5) is 9.18 Å². The number of carbonyl (C=O) groups excluding carboxylic acids is 3. The second-order valence-electron chi connectivity index (χ2n) is 6.52. The van der Waals surface area contributed by atoms with Crippen molar-refractivity contribution in [1.29, 1.82) is 0 Å². The van der Waals surface area contributed by atoms with Gasteiger partial charge in [-0.2, -0.15) is 0 Å². The summed E-state index contributed by atoms with van der Waals surface area (Å²) in [4.78, 5) is 39.3. The smallest absolute Gasteiger partial charge is 0.409 e. The molecule has 148 valence electrons. The fourth-order valence-electron chi connectivity index (χ4n) is 2.87. The Hall–Kier alpha value is -2.64. The standard InChI is InChI=1S/C19H26FN3O4/c1-3-27-19(26)23-10-8-22(9-11-23)17(24)13-21-18(25)14(2)12-15-4-6-16(20)7-5-15/h4-7,14H,3,8-13H2,1-2H3,(H,21,25). The van der Waals surface area contributed by atoms with E-state index in [1.807, 2.05) is 0 Å². The first kappa shape index (κ1) is 20.7. The van der Waals surface area contributed by atoms with Gasteiger partial charge in [-0.15, -0.1) is 0 Å². The highest BCUT2D eigenvalue weighted by Gasteiger charge is 2.25. The number of carbonyl (C=O) groups is 3. The Morgan fingerprint density at radius 2 is 1.70 bits per heavy atom. The van der Waals surface area contributed by atoms with Crippen LogP contribution in [0, 0.1) is 11.7 Å². The van der Waals surface area contributed by atoms with Crippen molar-refractivity contribution in [2.24, 2.45) is 5.92 Å². The molecule has 0 aromatic heterocycles. The third kappa shape index (κ3) is 6.23. The van der Waals surface area contributed by atoms with Crippen LogP contribution in [-0.2, 0) is 20.7 Å². The van der Waals surface area contributed by atoms with Crippen molar-refractivity contribution < 1.29 is 23.5 Å². The van der Waals surface area contributed by atoms with E-state index in [0.29, 0.717) is 39.2 Å². The number of piperazine rings is 1. The van der Waals surface area contributed by atoms with Gasteiger partial charge in [0.1, 0.15) is 5.82 Å². The molecule has 1 heterocycles. The first-order chi connectivity index (χ1) is 12.9. The van der Waals surface area contributed by atoms with Gasteiger partial charge in [-0.25, -0.2) is 9.18 Å². The summed E-state index contributed by atoms with van der Waals surface area (Å²) in [6.07, 6.45) is 0.103. The fourth-order valence-corrected chi connectivity index (χ4v) is 2.87. The highest BCUT2D eigenvalue weighted by molar-refractivity contribution is 5.86. The minimum absolute atomic E-state index is 0.0774. The molecule has 0 bridgehead atoms. The minimum Gasteiger partial charge on any atom is -0.450 e. The van der Waals surface area contributed by atoms with Crippen LogP contribution in [-0.4, -0.2) is 67.0 Å². The lowest BCUT2D eigenvalue weighted by molar-refractivity contribution is -0.134. The third-order valence-electron chi connectivity index (χ3n) is 4.47. The van der Waals surface area contributed by atoms with Gasteiger partial charge in [0.2, 0.25) is 11.8 Å². The maximum Gasteiger partial charge on any atom is 0.409 e. The summed E-state index contributed by atoms with van der Waals surface area (Å²) < 4.78 is 17.9. The highest BCUT2D eigenvalue weighted by atomic mass is 19.1. The van der Waals surface area contributed by atoms with Gasteiger partial charge in [-0.3, -0.25) is 9.59 Å². The highest BCUT2D eigenvalue weighted by Crippen LogP contribution is 2.10. The van der Waals surface area contributed by atoms with Crippen molar-refractivity contribution in [3.05, 3.63) is 35.6 Å². The average Bonchev–Trinajstić information content (AvgIpc) is 2.67. The van der Waals surface area contributed by atoms with Crippen molar-refractivity contribution in [2.75, 3.05) is 39.3 Å². The first-order valence-corrected chi connectivity index (χ1v) is 9.12. The summed E-state index contributed by atoms with van der Waals surface area (Å²) in [7, 11) is 0. The second kappa shape index (κ2) is 9.89. The fraction of sp³-hybridized carbons (Fsp3) is 0.526. The molecule has 1 saturated heterocycles. The summed E-state index contributed by atoms with van der Waals surface area (Å²) in [6, 6.07) is 6.01. The Kier molecular flexibility index (Phi) is 7.57. The molecule has 0 saturated carbocycles. The molecular formula is C19H26FN3O4. The Labute approximate surface area is 158 Å². The molecule has 1 fully saturated rings. The molecule has 0 aliphatic carbocycles. The molecule has 8 heteroatoms. The molecule has 0 radical (unpaired) electrons. The molecule has 1 aliphatic heterocycles. The molecule has 2 rings (SSSR count). The van der Waals surface area contributed by atoms with Crippen LogP contribution in [0.5, 0.6) is 0 Å². The van der Waals surface area contributed by atoms with E-state index in [2.05, 4.69) is 5.32 Å². The molecule has 7 nitrogen and oxygen atoms in total. The number of amides is 3. The molecule has 1 unspecified atom stereocenters. The van der Waals surface area contributed by atoms with E-state index in [4.69, 9.17) is 4.74 Å². The summed E-state index contributed by atoms with van der Waals surface area (Å²) in [5, 5.41) is 2.66. The van der Waals surface area contributed by atoms with Crippen molar-refractivity contribution in [2.45, 2.75) is 20.3 Å². The quantitative estimate of drug-likeness (QED) is 0.811. The van der Waals surface area contributed by atoms with E-state index in [0.717, 1.165) is 5.56 Å².